The van der Waals surface area contributed by atoms with Crippen molar-refractivity contribution in [3.63, 3.8) is 0 Å². The lowest BCUT2D eigenvalue weighted by Gasteiger charge is -2.19. The second-order valence-corrected chi connectivity index (χ2v) is 8.29. The number of ketones is 1. The summed E-state index contributed by atoms with van der Waals surface area (Å²) in [7, 11) is 4.64. The van der Waals surface area contributed by atoms with E-state index in [1.807, 2.05) is 24.3 Å². The number of rotatable bonds is 8. The molecule has 168 valence electrons. The Bertz CT molecular complexity index is 1070. The van der Waals surface area contributed by atoms with Crippen LogP contribution in [0.5, 0.6) is 11.5 Å². The van der Waals surface area contributed by atoms with Crippen LogP contribution < -0.4 is 14.4 Å². The van der Waals surface area contributed by atoms with Crippen molar-refractivity contribution in [2.45, 2.75) is 18.9 Å². The van der Waals surface area contributed by atoms with Crippen molar-refractivity contribution in [3.05, 3.63) is 58.6 Å². The van der Waals surface area contributed by atoms with Crippen LogP contribution in [0.2, 0.25) is 0 Å². The molecule has 1 atom stereocenters. The molecule has 1 unspecified atom stereocenters. The van der Waals surface area contributed by atoms with Gasteiger partial charge in [-0.2, -0.15) is 0 Å². The Morgan fingerprint density at radius 2 is 1.69 bits per heavy atom. The maximum atomic E-state index is 13.1. The molecule has 1 fully saturated rings. The standard InChI is InChI=1S/C24H25BrN2O5/c1-29-19-12-16(13-20(30-2)21(19)25)18-14-32-24(26-18)22(28)23(31-3)15-6-8-17(9-7-15)27-10-4-5-11-27/h6-9,12-14,23H,4-5,10-11H2,1-3H3. The van der Waals surface area contributed by atoms with E-state index in [2.05, 4.69) is 25.8 Å². The summed E-state index contributed by atoms with van der Waals surface area (Å²) in [5, 5.41) is 0. The summed E-state index contributed by atoms with van der Waals surface area (Å²) in [6.45, 7) is 2.13. The number of methoxy groups -OCH3 is 3. The molecule has 0 amide bonds. The van der Waals surface area contributed by atoms with Gasteiger partial charge in [0.25, 0.3) is 11.7 Å². The molecule has 0 bridgehead atoms. The van der Waals surface area contributed by atoms with Crippen LogP contribution in [0.15, 0.2) is 51.6 Å². The van der Waals surface area contributed by atoms with Crippen LogP contribution in [-0.4, -0.2) is 45.2 Å². The maximum absolute atomic E-state index is 13.1. The molecule has 2 aromatic carbocycles. The molecular formula is C24H25BrN2O5. The Labute approximate surface area is 195 Å². The van der Waals surface area contributed by atoms with Crippen molar-refractivity contribution in [1.29, 1.82) is 0 Å². The molecule has 0 saturated carbocycles. The molecule has 2 heterocycles. The van der Waals surface area contributed by atoms with Crippen molar-refractivity contribution in [3.8, 4) is 22.8 Å². The van der Waals surface area contributed by atoms with Crippen LogP contribution in [0, 0.1) is 0 Å². The van der Waals surface area contributed by atoms with Crippen molar-refractivity contribution >= 4 is 27.4 Å². The molecule has 8 heteroatoms. The number of hydrogen-bond donors (Lipinski definition) is 0. The summed E-state index contributed by atoms with van der Waals surface area (Å²) >= 11 is 3.45. The van der Waals surface area contributed by atoms with Gasteiger partial charge in [-0.25, -0.2) is 4.98 Å². The van der Waals surface area contributed by atoms with Crippen LogP contribution >= 0.6 is 15.9 Å². The Hall–Kier alpha value is -2.84. The molecule has 0 N–H and O–H groups in total. The highest BCUT2D eigenvalue weighted by Gasteiger charge is 2.27. The summed E-state index contributed by atoms with van der Waals surface area (Å²) < 4.78 is 22.5. The minimum absolute atomic E-state index is 0.0173. The number of Topliss-reactive ketones (excluding diaryl/α,β-unsaturated/α-hetero) is 1. The van der Waals surface area contributed by atoms with Crippen LogP contribution in [0.25, 0.3) is 11.3 Å². The highest BCUT2D eigenvalue weighted by atomic mass is 79.9. The van der Waals surface area contributed by atoms with E-state index in [4.69, 9.17) is 18.6 Å². The van der Waals surface area contributed by atoms with Gasteiger partial charge in [-0.3, -0.25) is 4.79 Å². The van der Waals surface area contributed by atoms with Crippen molar-refractivity contribution in [2.75, 3.05) is 39.3 Å². The zero-order valence-electron chi connectivity index (χ0n) is 18.3. The van der Waals surface area contributed by atoms with E-state index >= 15 is 0 Å². The Kier molecular flexibility index (Phi) is 6.81. The molecule has 32 heavy (non-hydrogen) atoms. The third kappa shape index (κ3) is 4.38. The van der Waals surface area contributed by atoms with Crippen molar-refractivity contribution < 1.29 is 23.4 Å². The fourth-order valence-corrected chi connectivity index (χ4v) is 4.43. The number of oxazole rings is 1. The Balaban J connectivity index is 1.57. The van der Waals surface area contributed by atoms with Gasteiger partial charge in [-0.1, -0.05) is 12.1 Å². The first kappa shape index (κ1) is 22.4. The summed E-state index contributed by atoms with van der Waals surface area (Å²) in [6.07, 6.45) is 3.06. The van der Waals surface area contributed by atoms with E-state index in [9.17, 15) is 4.79 Å². The number of nitrogens with zero attached hydrogens (tertiary/aromatic N) is 2. The second-order valence-electron chi connectivity index (χ2n) is 7.50. The smallest absolute Gasteiger partial charge is 0.266 e. The molecule has 7 nitrogen and oxygen atoms in total. The van der Waals surface area contributed by atoms with Gasteiger partial charge in [0.2, 0.25) is 0 Å². The summed E-state index contributed by atoms with van der Waals surface area (Å²) in [4.78, 5) is 19.9. The lowest BCUT2D eigenvalue weighted by molar-refractivity contribution is 0.0569. The number of aromatic nitrogens is 1. The number of carbonyl (C=O) groups is 1. The van der Waals surface area contributed by atoms with Crippen molar-refractivity contribution in [1.82, 2.24) is 4.98 Å². The average molecular weight is 501 g/mol. The number of hydrogen-bond acceptors (Lipinski definition) is 7. The molecule has 0 radical (unpaired) electrons. The van der Waals surface area contributed by atoms with Crippen LogP contribution in [0.1, 0.15) is 35.2 Å². The number of ether oxygens (including phenoxy) is 3. The third-order valence-corrected chi connectivity index (χ3v) is 6.38. The molecule has 0 spiro atoms. The fourth-order valence-electron chi connectivity index (χ4n) is 3.88. The highest BCUT2D eigenvalue weighted by molar-refractivity contribution is 9.10. The molecule has 1 aliphatic rings. The molecular weight excluding hydrogens is 476 g/mol. The zero-order chi connectivity index (χ0) is 22.7. The van der Waals surface area contributed by atoms with E-state index in [0.29, 0.717) is 27.2 Å². The second kappa shape index (κ2) is 9.75. The van der Waals surface area contributed by atoms with Gasteiger partial charge >= 0.3 is 0 Å². The highest BCUT2D eigenvalue weighted by Crippen LogP contribution is 2.39. The van der Waals surface area contributed by atoms with Gasteiger partial charge in [0, 0.05) is 31.5 Å². The monoisotopic (exact) mass is 500 g/mol. The van der Waals surface area contributed by atoms with Crippen molar-refractivity contribution in [2.24, 2.45) is 0 Å². The maximum Gasteiger partial charge on any atom is 0.266 e. The minimum atomic E-state index is -0.803. The van der Waals surface area contributed by atoms with Gasteiger partial charge < -0.3 is 23.5 Å². The van der Waals surface area contributed by atoms with Gasteiger partial charge in [-0.15, -0.1) is 0 Å². The van der Waals surface area contributed by atoms with Crippen LogP contribution in [0.4, 0.5) is 5.69 Å². The zero-order valence-corrected chi connectivity index (χ0v) is 19.8. The molecule has 0 aliphatic carbocycles. The van der Waals surface area contributed by atoms with E-state index in [1.54, 1.807) is 26.4 Å². The number of carbonyl (C=O) groups excluding carboxylic acids is 1. The van der Waals surface area contributed by atoms with Gasteiger partial charge in [0.05, 0.1) is 14.2 Å². The normalized spacial score (nSPS) is 14.4. The number of halogens is 1. The first-order valence-corrected chi connectivity index (χ1v) is 11.1. The third-order valence-electron chi connectivity index (χ3n) is 5.60. The van der Waals surface area contributed by atoms with Crippen LogP contribution in [-0.2, 0) is 4.74 Å². The first-order valence-electron chi connectivity index (χ1n) is 10.3. The van der Waals surface area contributed by atoms with E-state index < -0.39 is 6.10 Å². The summed E-state index contributed by atoms with van der Waals surface area (Å²) in [5.41, 5.74) is 3.11. The molecule has 1 aromatic heterocycles. The SMILES string of the molecule is COc1cc(-c2coc(C(=O)C(OC)c3ccc(N4CCCC4)cc3)n2)cc(OC)c1Br. The first-order chi connectivity index (χ1) is 15.5. The molecule has 4 rings (SSSR count). The lowest BCUT2D eigenvalue weighted by Crippen LogP contribution is -2.18. The number of anilines is 1. The summed E-state index contributed by atoms with van der Waals surface area (Å²) in [5.74, 6) is 0.811. The predicted octanol–water partition coefficient (Wildman–Crippen LogP) is 5.29. The van der Waals surface area contributed by atoms with E-state index in [1.165, 1.54) is 26.2 Å². The molecule has 1 saturated heterocycles. The Morgan fingerprint density at radius 3 is 2.25 bits per heavy atom. The van der Waals surface area contributed by atoms with Crippen LogP contribution in [0.3, 0.4) is 0 Å². The quantitative estimate of drug-likeness (QED) is 0.388. The number of benzene rings is 2. The topological polar surface area (TPSA) is 74.0 Å². The predicted molar refractivity (Wildman–Crippen MR) is 125 cm³/mol. The van der Waals surface area contributed by atoms with E-state index in [-0.39, 0.29) is 11.7 Å². The molecule has 3 aromatic rings. The average Bonchev–Trinajstić information content (AvgIpc) is 3.53. The van der Waals surface area contributed by atoms with Gasteiger partial charge in [0.15, 0.2) is 6.10 Å². The van der Waals surface area contributed by atoms with E-state index in [0.717, 1.165) is 24.3 Å². The fraction of sp³-hybridized carbons (Fsp3) is 0.333. The Morgan fingerprint density at radius 1 is 1.06 bits per heavy atom. The minimum Gasteiger partial charge on any atom is -0.495 e. The van der Waals surface area contributed by atoms with Gasteiger partial charge in [0.1, 0.15) is 27.9 Å². The summed E-state index contributed by atoms with van der Waals surface area (Å²) in [6, 6.07) is 11.5. The largest absolute Gasteiger partial charge is 0.495 e. The molecule has 1 aliphatic heterocycles. The van der Waals surface area contributed by atoms with Gasteiger partial charge in [-0.05, 0) is 58.6 Å². The lowest BCUT2D eigenvalue weighted by atomic mass is 10.0.